The van der Waals surface area contributed by atoms with Crippen molar-refractivity contribution in [2.75, 3.05) is 19.6 Å². The second-order valence-corrected chi connectivity index (χ2v) is 8.48. The van der Waals surface area contributed by atoms with Crippen molar-refractivity contribution in [2.24, 2.45) is 5.92 Å². The maximum atomic E-state index is 13.4. The van der Waals surface area contributed by atoms with E-state index in [-0.39, 0.29) is 23.5 Å². The van der Waals surface area contributed by atoms with Gasteiger partial charge in [0, 0.05) is 48.6 Å². The number of H-pyrrole nitrogens is 1. The number of carbonyl (C=O) groups excluding carboxylic acids is 2. The van der Waals surface area contributed by atoms with Gasteiger partial charge in [-0.25, -0.2) is 4.39 Å². The molecule has 0 saturated carbocycles. The van der Waals surface area contributed by atoms with E-state index in [0.717, 1.165) is 47.0 Å². The molecule has 4 rings (SSSR count). The van der Waals surface area contributed by atoms with Gasteiger partial charge in [0.05, 0.1) is 0 Å². The number of aryl methyl sites for hydroxylation is 1. The summed E-state index contributed by atoms with van der Waals surface area (Å²) in [6, 6.07) is 14.5. The van der Waals surface area contributed by atoms with Crippen LogP contribution in [0, 0.1) is 11.7 Å². The molecule has 0 bridgehead atoms. The molecule has 2 amide bonds. The van der Waals surface area contributed by atoms with Gasteiger partial charge in [0.15, 0.2) is 0 Å². The van der Waals surface area contributed by atoms with Crippen LogP contribution in [-0.2, 0) is 16.0 Å². The highest BCUT2D eigenvalue weighted by atomic mass is 19.1. The van der Waals surface area contributed by atoms with E-state index >= 15 is 0 Å². The maximum absolute atomic E-state index is 13.4. The third kappa shape index (κ3) is 4.85. The first kappa shape index (κ1) is 22.1. The second kappa shape index (κ2) is 9.98. The highest BCUT2D eigenvalue weighted by molar-refractivity contribution is 5.91. The lowest BCUT2D eigenvalue weighted by Gasteiger charge is -2.31. The number of aromatic nitrogens is 1. The molecule has 32 heavy (non-hydrogen) atoms. The van der Waals surface area contributed by atoms with Gasteiger partial charge < -0.3 is 15.2 Å². The third-order valence-electron chi connectivity index (χ3n) is 6.30. The highest BCUT2D eigenvalue weighted by Gasteiger charge is 2.27. The zero-order valence-electron chi connectivity index (χ0n) is 18.5. The van der Waals surface area contributed by atoms with Gasteiger partial charge in [0.2, 0.25) is 11.8 Å². The molecule has 168 valence electrons. The number of piperidine rings is 1. The van der Waals surface area contributed by atoms with Crippen LogP contribution in [0.5, 0.6) is 0 Å². The standard InChI is InChI=1S/C26H30FN3O2/c1-2-15-28-26(32)19-13-16-30(17-14-19)24(31)12-11-22-21-5-3-4-6-23(21)29-25(22)18-7-9-20(27)10-8-18/h3-10,19,29H,2,11-17H2,1H3,(H,28,32). The smallest absolute Gasteiger partial charge is 0.223 e. The molecule has 0 unspecified atom stereocenters. The minimum absolute atomic E-state index is 0.00398. The van der Waals surface area contributed by atoms with Gasteiger partial charge in [0.25, 0.3) is 0 Å². The Morgan fingerprint density at radius 1 is 1.09 bits per heavy atom. The number of hydrogen-bond acceptors (Lipinski definition) is 2. The van der Waals surface area contributed by atoms with Crippen LogP contribution in [0.1, 0.15) is 38.2 Å². The second-order valence-electron chi connectivity index (χ2n) is 8.48. The van der Waals surface area contributed by atoms with Crippen molar-refractivity contribution in [3.8, 4) is 11.3 Å². The summed E-state index contributed by atoms with van der Waals surface area (Å²) in [5.41, 5.74) is 3.93. The summed E-state index contributed by atoms with van der Waals surface area (Å²) in [6.45, 7) is 4.00. The quantitative estimate of drug-likeness (QED) is 0.566. The van der Waals surface area contributed by atoms with Crippen LogP contribution < -0.4 is 5.32 Å². The number of halogens is 1. The van der Waals surface area contributed by atoms with Crippen molar-refractivity contribution in [1.29, 1.82) is 0 Å². The average molecular weight is 436 g/mol. The largest absolute Gasteiger partial charge is 0.356 e. The molecule has 1 saturated heterocycles. The number of carbonyl (C=O) groups is 2. The molecule has 2 aromatic carbocycles. The summed E-state index contributed by atoms with van der Waals surface area (Å²) in [7, 11) is 0. The molecule has 3 aromatic rings. The lowest BCUT2D eigenvalue weighted by Crippen LogP contribution is -2.43. The Bertz CT molecular complexity index is 1080. The fraction of sp³-hybridized carbons (Fsp3) is 0.385. The summed E-state index contributed by atoms with van der Waals surface area (Å²) in [5, 5.41) is 4.05. The Labute approximate surface area is 188 Å². The molecule has 0 radical (unpaired) electrons. The average Bonchev–Trinajstić information content (AvgIpc) is 3.20. The first-order chi connectivity index (χ1) is 15.6. The summed E-state index contributed by atoms with van der Waals surface area (Å²) in [6.07, 6.45) is 3.37. The van der Waals surface area contributed by atoms with Crippen LogP contribution in [0.4, 0.5) is 4.39 Å². The Morgan fingerprint density at radius 3 is 2.53 bits per heavy atom. The molecule has 0 aliphatic carbocycles. The van der Waals surface area contributed by atoms with Gasteiger partial charge in [-0.1, -0.05) is 25.1 Å². The number of amides is 2. The number of para-hydroxylation sites is 1. The zero-order valence-corrected chi connectivity index (χ0v) is 18.5. The van der Waals surface area contributed by atoms with Crippen LogP contribution in [0.2, 0.25) is 0 Å². The van der Waals surface area contributed by atoms with Crippen molar-refractivity contribution in [2.45, 2.75) is 39.0 Å². The fourth-order valence-corrected chi connectivity index (χ4v) is 4.50. The Morgan fingerprint density at radius 2 is 1.81 bits per heavy atom. The van der Waals surface area contributed by atoms with Crippen molar-refractivity contribution in [3.05, 3.63) is 59.9 Å². The number of aromatic amines is 1. The first-order valence-corrected chi connectivity index (χ1v) is 11.5. The van der Waals surface area contributed by atoms with E-state index in [0.29, 0.717) is 32.5 Å². The Balaban J connectivity index is 1.43. The van der Waals surface area contributed by atoms with Crippen molar-refractivity contribution < 1.29 is 14.0 Å². The number of likely N-dealkylation sites (tertiary alicyclic amines) is 1. The van der Waals surface area contributed by atoms with E-state index < -0.39 is 0 Å². The van der Waals surface area contributed by atoms with Crippen LogP contribution in [0.3, 0.4) is 0 Å². The summed E-state index contributed by atoms with van der Waals surface area (Å²) in [4.78, 5) is 30.5. The van der Waals surface area contributed by atoms with E-state index in [9.17, 15) is 14.0 Å². The number of hydrogen-bond donors (Lipinski definition) is 2. The third-order valence-corrected chi connectivity index (χ3v) is 6.30. The predicted octanol–water partition coefficient (Wildman–Crippen LogP) is 4.67. The van der Waals surface area contributed by atoms with Crippen molar-refractivity contribution in [3.63, 3.8) is 0 Å². The molecular weight excluding hydrogens is 405 g/mol. The number of fused-ring (bicyclic) bond motifs is 1. The van der Waals surface area contributed by atoms with Gasteiger partial charge in [0.1, 0.15) is 5.82 Å². The molecule has 2 N–H and O–H groups in total. The highest BCUT2D eigenvalue weighted by Crippen LogP contribution is 2.32. The first-order valence-electron chi connectivity index (χ1n) is 11.5. The lowest BCUT2D eigenvalue weighted by molar-refractivity contribution is -0.135. The van der Waals surface area contributed by atoms with Crippen molar-refractivity contribution in [1.82, 2.24) is 15.2 Å². The van der Waals surface area contributed by atoms with E-state index in [1.807, 2.05) is 30.0 Å². The van der Waals surface area contributed by atoms with Crippen LogP contribution in [-0.4, -0.2) is 41.3 Å². The van der Waals surface area contributed by atoms with Crippen LogP contribution >= 0.6 is 0 Å². The Hall–Kier alpha value is -3.15. The topological polar surface area (TPSA) is 65.2 Å². The minimum Gasteiger partial charge on any atom is -0.356 e. The molecule has 2 heterocycles. The van der Waals surface area contributed by atoms with Crippen LogP contribution in [0.15, 0.2) is 48.5 Å². The van der Waals surface area contributed by atoms with Gasteiger partial charge in [-0.3, -0.25) is 9.59 Å². The maximum Gasteiger partial charge on any atom is 0.223 e. The SMILES string of the molecule is CCCNC(=O)C1CCN(C(=O)CCc2c(-c3ccc(F)cc3)[nH]c3ccccc23)CC1. The molecule has 0 spiro atoms. The summed E-state index contributed by atoms with van der Waals surface area (Å²) < 4.78 is 13.4. The zero-order chi connectivity index (χ0) is 22.5. The van der Waals surface area contributed by atoms with E-state index in [4.69, 9.17) is 0 Å². The van der Waals surface area contributed by atoms with Gasteiger partial charge >= 0.3 is 0 Å². The predicted molar refractivity (Wildman–Crippen MR) is 125 cm³/mol. The molecule has 1 aromatic heterocycles. The van der Waals surface area contributed by atoms with Crippen LogP contribution in [0.25, 0.3) is 22.2 Å². The number of benzene rings is 2. The minimum atomic E-state index is -0.270. The van der Waals surface area contributed by atoms with E-state index in [1.165, 1.54) is 12.1 Å². The summed E-state index contributed by atoms with van der Waals surface area (Å²) >= 11 is 0. The molecule has 0 atom stereocenters. The van der Waals surface area contributed by atoms with E-state index in [2.05, 4.69) is 16.4 Å². The molecule has 6 heteroatoms. The molecule has 5 nitrogen and oxygen atoms in total. The number of rotatable bonds is 7. The Kier molecular flexibility index (Phi) is 6.88. The molecule has 1 aliphatic heterocycles. The molecule has 1 aliphatic rings. The molecule has 1 fully saturated rings. The van der Waals surface area contributed by atoms with Gasteiger partial charge in [-0.05, 0) is 67.1 Å². The fourth-order valence-electron chi connectivity index (χ4n) is 4.50. The number of nitrogens with one attached hydrogen (secondary N) is 2. The van der Waals surface area contributed by atoms with Crippen molar-refractivity contribution >= 4 is 22.7 Å². The normalized spacial score (nSPS) is 14.6. The number of nitrogens with zero attached hydrogens (tertiary/aromatic N) is 1. The molecular formula is C26H30FN3O2. The van der Waals surface area contributed by atoms with E-state index in [1.54, 1.807) is 12.1 Å². The lowest BCUT2D eigenvalue weighted by atomic mass is 9.95. The van der Waals surface area contributed by atoms with Gasteiger partial charge in [-0.2, -0.15) is 0 Å². The van der Waals surface area contributed by atoms with Gasteiger partial charge in [-0.15, -0.1) is 0 Å². The summed E-state index contributed by atoms with van der Waals surface area (Å²) in [5.74, 6) is -0.0351. The monoisotopic (exact) mass is 435 g/mol.